The van der Waals surface area contributed by atoms with Crippen LogP contribution in [0.1, 0.15) is 31.1 Å². The molecular weight excluding hydrogens is 272 g/mol. The lowest BCUT2D eigenvalue weighted by molar-refractivity contribution is -0.212. The van der Waals surface area contributed by atoms with Crippen LogP contribution < -0.4 is 0 Å². The Hall–Kier alpha value is -1.43. The van der Waals surface area contributed by atoms with E-state index in [0.29, 0.717) is 5.56 Å². The summed E-state index contributed by atoms with van der Waals surface area (Å²) in [4.78, 5) is 11.9. The van der Waals surface area contributed by atoms with Crippen molar-refractivity contribution in [2.45, 2.75) is 45.1 Å². The van der Waals surface area contributed by atoms with Gasteiger partial charge in [-0.2, -0.15) is 0 Å². The van der Waals surface area contributed by atoms with Crippen molar-refractivity contribution in [3.05, 3.63) is 35.9 Å². The van der Waals surface area contributed by atoms with Gasteiger partial charge in [0.15, 0.2) is 12.1 Å². The Morgan fingerprint density at radius 3 is 2.62 bits per heavy atom. The quantitative estimate of drug-likeness (QED) is 0.800. The molecule has 0 spiro atoms. The smallest absolute Gasteiger partial charge is 0.338 e. The molecule has 3 rings (SSSR count). The molecule has 0 radical (unpaired) electrons. The van der Waals surface area contributed by atoms with E-state index in [0.717, 1.165) is 0 Å². The van der Waals surface area contributed by atoms with Gasteiger partial charge in [0.1, 0.15) is 18.8 Å². The molecule has 0 amide bonds. The molecule has 21 heavy (non-hydrogen) atoms. The molecule has 0 aliphatic carbocycles. The molecule has 2 aliphatic heterocycles. The van der Waals surface area contributed by atoms with Gasteiger partial charge in [0.05, 0.1) is 5.56 Å². The standard InChI is InChI=1S/C16H20O5/c1-10-12(19-15-13(10)20-16(2,3)21-15)9-18-14(17)11-7-5-4-6-8-11/h4-8,10,12-13,15H,9H2,1-3H3/t10-,12+,13+,15+/m0/s1. The number of esters is 1. The predicted octanol–water partition coefficient (Wildman–Crippen LogP) is 2.36. The fraction of sp³-hybridized carbons (Fsp3) is 0.562. The predicted molar refractivity (Wildman–Crippen MR) is 74.6 cm³/mol. The topological polar surface area (TPSA) is 54.0 Å². The van der Waals surface area contributed by atoms with Crippen LogP contribution in [-0.4, -0.2) is 36.9 Å². The minimum absolute atomic E-state index is 0.111. The minimum atomic E-state index is -0.616. The first-order valence-corrected chi connectivity index (χ1v) is 7.19. The zero-order chi connectivity index (χ0) is 15.0. The van der Waals surface area contributed by atoms with Gasteiger partial charge >= 0.3 is 5.97 Å². The molecule has 1 aromatic rings. The van der Waals surface area contributed by atoms with Crippen LogP contribution in [0.4, 0.5) is 0 Å². The lowest BCUT2D eigenvalue weighted by Gasteiger charge is -2.23. The van der Waals surface area contributed by atoms with Crippen molar-refractivity contribution in [1.29, 1.82) is 0 Å². The number of ether oxygens (including phenoxy) is 4. The van der Waals surface area contributed by atoms with Gasteiger partial charge in [-0.3, -0.25) is 0 Å². The molecule has 2 saturated heterocycles. The normalized spacial score (nSPS) is 33.7. The highest BCUT2D eigenvalue weighted by atomic mass is 16.8. The van der Waals surface area contributed by atoms with E-state index in [1.807, 2.05) is 26.8 Å². The van der Waals surface area contributed by atoms with Crippen molar-refractivity contribution >= 4 is 5.97 Å². The van der Waals surface area contributed by atoms with E-state index in [1.54, 1.807) is 24.3 Å². The van der Waals surface area contributed by atoms with Crippen LogP contribution in [0.3, 0.4) is 0 Å². The van der Waals surface area contributed by atoms with E-state index in [4.69, 9.17) is 18.9 Å². The van der Waals surface area contributed by atoms with Gasteiger partial charge in [-0.15, -0.1) is 0 Å². The van der Waals surface area contributed by atoms with Gasteiger partial charge in [0, 0.05) is 5.92 Å². The molecule has 1 aromatic carbocycles. The third-order valence-corrected chi connectivity index (χ3v) is 3.89. The lowest BCUT2D eigenvalue weighted by atomic mass is 10.0. The summed E-state index contributed by atoms with van der Waals surface area (Å²) in [5.74, 6) is -0.846. The molecule has 0 unspecified atom stereocenters. The zero-order valence-corrected chi connectivity index (χ0v) is 12.4. The monoisotopic (exact) mass is 292 g/mol. The first kappa shape index (κ1) is 14.5. The summed E-state index contributed by atoms with van der Waals surface area (Å²) in [5.41, 5.74) is 0.539. The molecule has 2 aliphatic rings. The van der Waals surface area contributed by atoms with Crippen molar-refractivity contribution in [3.8, 4) is 0 Å². The van der Waals surface area contributed by atoms with Gasteiger partial charge < -0.3 is 18.9 Å². The summed E-state index contributed by atoms with van der Waals surface area (Å²) in [7, 11) is 0. The van der Waals surface area contributed by atoms with Gasteiger partial charge in [0.2, 0.25) is 0 Å². The Kier molecular flexibility index (Phi) is 3.73. The highest BCUT2D eigenvalue weighted by Crippen LogP contribution is 2.40. The minimum Gasteiger partial charge on any atom is -0.459 e. The van der Waals surface area contributed by atoms with Gasteiger partial charge in [-0.1, -0.05) is 25.1 Å². The summed E-state index contributed by atoms with van der Waals surface area (Å²) in [6.45, 7) is 5.96. The first-order valence-electron chi connectivity index (χ1n) is 7.19. The third kappa shape index (κ3) is 2.95. The Bertz CT molecular complexity index is 513. The SMILES string of the molecule is C[C@@H]1[C@H]2OC(C)(C)O[C@H]2O[C@@H]1COC(=O)c1ccccc1. The molecule has 2 fully saturated rings. The fourth-order valence-corrected chi connectivity index (χ4v) is 2.73. The summed E-state index contributed by atoms with van der Waals surface area (Å²) < 4.78 is 22.6. The molecule has 0 saturated carbocycles. The number of fused-ring (bicyclic) bond motifs is 1. The molecule has 0 N–H and O–H groups in total. The average Bonchev–Trinajstić information content (AvgIpc) is 2.91. The van der Waals surface area contributed by atoms with Crippen LogP contribution in [0.25, 0.3) is 0 Å². The Labute approximate surface area is 124 Å². The molecular formula is C16H20O5. The van der Waals surface area contributed by atoms with Crippen molar-refractivity contribution in [1.82, 2.24) is 0 Å². The molecule has 5 nitrogen and oxygen atoms in total. The van der Waals surface area contributed by atoms with E-state index in [-0.39, 0.29) is 37.0 Å². The molecule has 0 aromatic heterocycles. The molecule has 5 heteroatoms. The Morgan fingerprint density at radius 1 is 1.24 bits per heavy atom. The first-order chi connectivity index (χ1) is 9.96. The summed E-state index contributed by atoms with van der Waals surface area (Å²) in [5, 5.41) is 0. The Morgan fingerprint density at radius 2 is 1.95 bits per heavy atom. The summed E-state index contributed by atoms with van der Waals surface area (Å²) >= 11 is 0. The second-order valence-corrected chi connectivity index (χ2v) is 5.97. The van der Waals surface area contributed by atoms with Crippen LogP contribution in [0.5, 0.6) is 0 Å². The van der Waals surface area contributed by atoms with Crippen molar-refractivity contribution in [2.75, 3.05) is 6.61 Å². The van der Waals surface area contributed by atoms with E-state index in [9.17, 15) is 4.79 Å². The second kappa shape index (κ2) is 5.40. The molecule has 4 atom stereocenters. The maximum absolute atomic E-state index is 11.9. The van der Waals surface area contributed by atoms with E-state index >= 15 is 0 Å². The number of carbonyl (C=O) groups is 1. The lowest BCUT2D eigenvalue weighted by Crippen LogP contribution is -2.31. The zero-order valence-electron chi connectivity index (χ0n) is 12.4. The largest absolute Gasteiger partial charge is 0.459 e. The van der Waals surface area contributed by atoms with Gasteiger partial charge in [-0.05, 0) is 26.0 Å². The number of benzene rings is 1. The summed E-state index contributed by atoms with van der Waals surface area (Å²) in [6.07, 6.45) is -0.695. The second-order valence-electron chi connectivity index (χ2n) is 5.97. The van der Waals surface area contributed by atoms with Crippen LogP contribution in [0.2, 0.25) is 0 Å². The van der Waals surface area contributed by atoms with Crippen LogP contribution in [0.15, 0.2) is 30.3 Å². The number of carbonyl (C=O) groups excluding carboxylic acids is 1. The third-order valence-electron chi connectivity index (χ3n) is 3.89. The molecule has 2 heterocycles. The van der Waals surface area contributed by atoms with Crippen molar-refractivity contribution in [3.63, 3.8) is 0 Å². The summed E-state index contributed by atoms with van der Waals surface area (Å²) in [6, 6.07) is 8.92. The molecule has 114 valence electrons. The van der Waals surface area contributed by atoms with Gasteiger partial charge in [-0.25, -0.2) is 4.79 Å². The highest BCUT2D eigenvalue weighted by molar-refractivity contribution is 5.89. The fourth-order valence-electron chi connectivity index (χ4n) is 2.73. The maximum atomic E-state index is 11.9. The van der Waals surface area contributed by atoms with Gasteiger partial charge in [0.25, 0.3) is 0 Å². The Balaban J connectivity index is 1.55. The maximum Gasteiger partial charge on any atom is 0.338 e. The van der Waals surface area contributed by atoms with E-state index in [2.05, 4.69) is 0 Å². The number of hydrogen-bond acceptors (Lipinski definition) is 5. The number of hydrogen-bond donors (Lipinski definition) is 0. The van der Waals surface area contributed by atoms with E-state index in [1.165, 1.54) is 0 Å². The van der Waals surface area contributed by atoms with Crippen LogP contribution >= 0.6 is 0 Å². The molecule has 0 bridgehead atoms. The van der Waals surface area contributed by atoms with E-state index < -0.39 is 5.79 Å². The van der Waals surface area contributed by atoms with Crippen LogP contribution in [-0.2, 0) is 18.9 Å². The average molecular weight is 292 g/mol. The highest BCUT2D eigenvalue weighted by Gasteiger charge is 2.53. The van der Waals surface area contributed by atoms with Crippen LogP contribution in [0, 0.1) is 5.92 Å². The van der Waals surface area contributed by atoms with Crippen molar-refractivity contribution < 1.29 is 23.7 Å². The van der Waals surface area contributed by atoms with Crippen molar-refractivity contribution in [2.24, 2.45) is 5.92 Å². The number of rotatable bonds is 3.